The zero-order valence-corrected chi connectivity index (χ0v) is 11.4. The number of carbonyl (C=O) groups excluding carboxylic acids is 1. The second-order valence-corrected chi connectivity index (χ2v) is 5.01. The molecule has 2 unspecified atom stereocenters. The number of carbonyl (C=O) groups is 1. The maximum Gasteiger partial charge on any atom is 0.240 e. The van der Waals surface area contributed by atoms with Crippen LogP contribution in [0.1, 0.15) is 25.5 Å². The average molecular weight is 261 g/mol. The van der Waals surface area contributed by atoms with Crippen molar-refractivity contribution in [2.75, 3.05) is 13.6 Å². The molecule has 0 aromatic carbocycles. The molecule has 19 heavy (non-hydrogen) atoms. The maximum absolute atomic E-state index is 12.4. The van der Waals surface area contributed by atoms with E-state index >= 15 is 0 Å². The Kier molecular flexibility index (Phi) is 4.23. The van der Waals surface area contributed by atoms with E-state index in [0.29, 0.717) is 6.54 Å². The van der Waals surface area contributed by atoms with Crippen molar-refractivity contribution in [2.24, 2.45) is 0 Å². The van der Waals surface area contributed by atoms with Crippen molar-refractivity contribution >= 4 is 5.91 Å². The Labute approximate surface area is 113 Å². The van der Waals surface area contributed by atoms with Crippen LogP contribution >= 0.6 is 0 Å². The molecule has 1 aromatic rings. The molecule has 2 atom stereocenters. The molecule has 1 amide bonds. The summed E-state index contributed by atoms with van der Waals surface area (Å²) >= 11 is 0. The van der Waals surface area contributed by atoms with E-state index < -0.39 is 0 Å². The second-order valence-electron chi connectivity index (χ2n) is 5.01. The van der Waals surface area contributed by atoms with Gasteiger partial charge < -0.3 is 9.32 Å². The molecule has 2 rings (SSSR count). The lowest BCUT2D eigenvalue weighted by Crippen LogP contribution is -2.45. The van der Waals surface area contributed by atoms with Crippen LogP contribution in [0.15, 0.2) is 22.8 Å². The third-order valence-electron chi connectivity index (χ3n) is 3.79. The summed E-state index contributed by atoms with van der Waals surface area (Å²) in [4.78, 5) is 16.2. The molecule has 0 bridgehead atoms. The van der Waals surface area contributed by atoms with Crippen LogP contribution < -0.4 is 0 Å². The zero-order chi connectivity index (χ0) is 13.8. The Bertz CT molecular complexity index is 464. The highest BCUT2D eigenvalue weighted by atomic mass is 16.3. The van der Waals surface area contributed by atoms with Crippen LogP contribution in [-0.2, 0) is 11.3 Å². The average Bonchev–Trinajstić information content (AvgIpc) is 2.88. The molecule has 1 fully saturated rings. The molecule has 1 aliphatic rings. The molecule has 0 radical (unpaired) electrons. The number of nitriles is 1. The SMILES string of the molecule is CC1CCN(Cc2ccco2)C(CC#N)C(=O)N1C. The summed E-state index contributed by atoms with van der Waals surface area (Å²) < 4.78 is 5.34. The summed E-state index contributed by atoms with van der Waals surface area (Å²) in [5, 5.41) is 8.95. The van der Waals surface area contributed by atoms with Gasteiger partial charge >= 0.3 is 0 Å². The molecule has 0 spiro atoms. The molecule has 0 N–H and O–H groups in total. The summed E-state index contributed by atoms with van der Waals surface area (Å²) in [6.07, 6.45) is 2.75. The highest BCUT2D eigenvalue weighted by molar-refractivity contribution is 5.82. The lowest BCUT2D eigenvalue weighted by Gasteiger charge is -2.27. The molecule has 0 saturated carbocycles. The normalized spacial score (nSPS) is 25.1. The number of rotatable bonds is 3. The van der Waals surface area contributed by atoms with Gasteiger partial charge in [-0.3, -0.25) is 9.69 Å². The Hall–Kier alpha value is -1.80. The molecule has 102 valence electrons. The Morgan fingerprint density at radius 3 is 3.00 bits per heavy atom. The summed E-state index contributed by atoms with van der Waals surface area (Å²) in [6, 6.07) is 5.69. The van der Waals surface area contributed by atoms with E-state index in [4.69, 9.17) is 9.68 Å². The summed E-state index contributed by atoms with van der Waals surface area (Å²) in [6.45, 7) is 3.41. The first-order valence-electron chi connectivity index (χ1n) is 6.53. The molecule has 1 aliphatic heterocycles. The van der Waals surface area contributed by atoms with Crippen LogP contribution in [0.3, 0.4) is 0 Å². The van der Waals surface area contributed by atoms with Gasteiger partial charge in [0.2, 0.25) is 5.91 Å². The van der Waals surface area contributed by atoms with Crippen LogP contribution in [0.5, 0.6) is 0 Å². The fourth-order valence-electron chi connectivity index (χ4n) is 2.41. The first-order valence-corrected chi connectivity index (χ1v) is 6.53. The fourth-order valence-corrected chi connectivity index (χ4v) is 2.41. The van der Waals surface area contributed by atoms with E-state index in [0.717, 1.165) is 18.7 Å². The van der Waals surface area contributed by atoms with Crippen LogP contribution in [-0.4, -0.2) is 41.4 Å². The van der Waals surface area contributed by atoms with E-state index in [1.807, 2.05) is 31.0 Å². The smallest absolute Gasteiger partial charge is 0.240 e. The molecule has 2 heterocycles. The van der Waals surface area contributed by atoms with Gasteiger partial charge in [0, 0.05) is 19.6 Å². The minimum absolute atomic E-state index is 0.0260. The van der Waals surface area contributed by atoms with E-state index in [1.165, 1.54) is 0 Å². The van der Waals surface area contributed by atoms with Gasteiger partial charge in [-0.15, -0.1) is 0 Å². The van der Waals surface area contributed by atoms with Gasteiger partial charge in [0.25, 0.3) is 0 Å². The number of hydrogen-bond donors (Lipinski definition) is 0. The lowest BCUT2D eigenvalue weighted by atomic mass is 10.1. The van der Waals surface area contributed by atoms with Crippen molar-refractivity contribution in [3.63, 3.8) is 0 Å². The second kappa shape index (κ2) is 5.89. The number of amides is 1. The van der Waals surface area contributed by atoms with E-state index in [-0.39, 0.29) is 24.4 Å². The quantitative estimate of drug-likeness (QED) is 0.829. The van der Waals surface area contributed by atoms with Crippen LogP contribution in [0.25, 0.3) is 0 Å². The third-order valence-corrected chi connectivity index (χ3v) is 3.79. The van der Waals surface area contributed by atoms with Crippen LogP contribution in [0, 0.1) is 11.3 Å². The van der Waals surface area contributed by atoms with Gasteiger partial charge in [0.1, 0.15) is 11.8 Å². The van der Waals surface area contributed by atoms with E-state index in [2.05, 4.69) is 6.07 Å². The molecule has 0 aliphatic carbocycles. The fraction of sp³-hybridized carbons (Fsp3) is 0.571. The topological polar surface area (TPSA) is 60.5 Å². The summed E-state index contributed by atoms with van der Waals surface area (Å²) in [5.41, 5.74) is 0. The van der Waals surface area contributed by atoms with E-state index in [1.54, 1.807) is 11.2 Å². The van der Waals surface area contributed by atoms with Gasteiger partial charge in [-0.2, -0.15) is 5.26 Å². The highest BCUT2D eigenvalue weighted by Crippen LogP contribution is 2.20. The number of furan rings is 1. The van der Waals surface area contributed by atoms with Crippen molar-refractivity contribution in [3.8, 4) is 6.07 Å². The van der Waals surface area contributed by atoms with Crippen molar-refractivity contribution in [1.82, 2.24) is 9.80 Å². The van der Waals surface area contributed by atoms with Crippen molar-refractivity contribution < 1.29 is 9.21 Å². The van der Waals surface area contributed by atoms with Gasteiger partial charge in [-0.1, -0.05) is 0 Å². The van der Waals surface area contributed by atoms with E-state index in [9.17, 15) is 4.79 Å². The molecule has 5 heteroatoms. The first-order chi connectivity index (χ1) is 9.13. The lowest BCUT2D eigenvalue weighted by molar-refractivity contribution is -0.135. The molecule has 5 nitrogen and oxygen atoms in total. The van der Waals surface area contributed by atoms with Gasteiger partial charge in [-0.25, -0.2) is 0 Å². The van der Waals surface area contributed by atoms with Crippen molar-refractivity contribution in [2.45, 2.75) is 38.4 Å². The first kappa shape index (κ1) is 13.6. The van der Waals surface area contributed by atoms with Gasteiger partial charge in [0.15, 0.2) is 0 Å². The predicted molar refractivity (Wildman–Crippen MR) is 70.0 cm³/mol. The Balaban J connectivity index is 2.18. The van der Waals surface area contributed by atoms with Crippen molar-refractivity contribution in [1.29, 1.82) is 5.26 Å². The van der Waals surface area contributed by atoms with Gasteiger partial charge in [-0.05, 0) is 25.5 Å². The molecular formula is C14H19N3O2. The van der Waals surface area contributed by atoms with Gasteiger partial charge in [0.05, 0.1) is 25.3 Å². The Morgan fingerprint density at radius 2 is 2.37 bits per heavy atom. The largest absolute Gasteiger partial charge is 0.468 e. The summed E-state index contributed by atoms with van der Waals surface area (Å²) in [5.74, 6) is 0.853. The summed E-state index contributed by atoms with van der Waals surface area (Å²) in [7, 11) is 1.81. The third kappa shape index (κ3) is 2.96. The number of nitrogens with zero attached hydrogens (tertiary/aromatic N) is 3. The van der Waals surface area contributed by atoms with Crippen LogP contribution in [0.4, 0.5) is 0 Å². The maximum atomic E-state index is 12.4. The molecule has 1 saturated heterocycles. The highest BCUT2D eigenvalue weighted by Gasteiger charge is 2.33. The molecular weight excluding hydrogens is 242 g/mol. The van der Waals surface area contributed by atoms with Crippen molar-refractivity contribution in [3.05, 3.63) is 24.2 Å². The predicted octanol–water partition coefficient (Wildman–Crippen LogP) is 1.61. The minimum Gasteiger partial charge on any atom is -0.468 e. The minimum atomic E-state index is -0.370. The monoisotopic (exact) mass is 261 g/mol. The number of likely N-dealkylation sites (N-methyl/N-ethyl adjacent to an activating group) is 1. The Morgan fingerprint density at radius 1 is 1.58 bits per heavy atom. The standard InChI is InChI=1S/C14H19N3O2/c1-11-6-8-17(10-12-4-3-9-19-12)13(5-7-15)14(18)16(11)2/h3-4,9,11,13H,5-6,8,10H2,1-2H3. The van der Waals surface area contributed by atoms with Crippen LogP contribution in [0.2, 0.25) is 0 Å². The number of hydrogen-bond acceptors (Lipinski definition) is 4. The zero-order valence-electron chi connectivity index (χ0n) is 11.4. The molecule has 1 aromatic heterocycles.